The predicted molar refractivity (Wildman–Crippen MR) is 71.9 cm³/mol. The maximum Gasteiger partial charge on any atom is 0.0695 e. The van der Waals surface area contributed by atoms with Crippen molar-refractivity contribution >= 4 is 0 Å². The molecule has 0 heterocycles. The number of hydrogen-bond acceptors (Lipinski definition) is 1. The molecule has 1 aliphatic carbocycles. The van der Waals surface area contributed by atoms with E-state index in [1.54, 1.807) is 6.92 Å². The second-order valence-electron chi connectivity index (χ2n) is 4.76. The molecule has 90 valence electrons. The minimum Gasteiger partial charge on any atom is -0.389 e. The van der Waals surface area contributed by atoms with E-state index < -0.39 is 0 Å². The molecule has 1 aromatic carbocycles. The summed E-state index contributed by atoms with van der Waals surface area (Å²) in [5, 5.41) is 9.20. The molecule has 0 radical (unpaired) electrons. The highest BCUT2D eigenvalue weighted by Gasteiger charge is 2.14. The first-order chi connectivity index (χ1) is 8.25. The van der Waals surface area contributed by atoms with Crippen LogP contribution < -0.4 is 0 Å². The molecule has 0 aromatic heterocycles. The van der Waals surface area contributed by atoms with E-state index in [-0.39, 0.29) is 6.10 Å². The summed E-state index contributed by atoms with van der Waals surface area (Å²) in [6.07, 6.45) is 9.31. The van der Waals surface area contributed by atoms with Crippen molar-refractivity contribution in [2.24, 2.45) is 0 Å². The van der Waals surface area contributed by atoms with Gasteiger partial charge in [-0.15, -0.1) is 0 Å². The lowest BCUT2D eigenvalue weighted by atomic mass is 9.84. The summed E-state index contributed by atoms with van der Waals surface area (Å²) in [5.41, 5.74) is 2.81. The zero-order valence-corrected chi connectivity index (χ0v) is 10.3. The summed E-state index contributed by atoms with van der Waals surface area (Å²) in [5.74, 6) is 0.667. The molecule has 1 nitrogen and oxygen atoms in total. The third-order valence-corrected chi connectivity index (χ3v) is 3.31. The van der Waals surface area contributed by atoms with Crippen molar-refractivity contribution in [2.45, 2.75) is 38.2 Å². The lowest BCUT2D eigenvalue weighted by Gasteiger charge is -2.21. The molecule has 1 aromatic rings. The van der Waals surface area contributed by atoms with Crippen LogP contribution in [-0.2, 0) is 0 Å². The maximum atomic E-state index is 9.20. The van der Waals surface area contributed by atoms with Gasteiger partial charge in [-0.05, 0) is 37.7 Å². The summed E-state index contributed by atoms with van der Waals surface area (Å²) >= 11 is 0. The molecule has 0 fully saturated rings. The molecule has 2 unspecified atom stereocenters. The number of aliphatic hydroxyl groups is 1. The van der Waals surface area contributed by atoms with Gasteiger partial charge in [0.2, 0.25) is 0 Å². The normalized spacial score (nSPS) is 22.5. The highest BCUT2D eigenvalue weighted by molar-refractivity contribution is 5.27. The molecule has 1 heteroatoms. The van der Waals surface area contributed by atoms with E-state index in [1.165, 1.54) is 17.6 Å². The molecule has 1 N–H and O–H groups in total. The van der Waals surface area contributed by atoms with Gasteiger partial charge in [0.15, 0.2) is 0 Å². The monoisotopic (exact) mass is 228 g/mol. The molecule has 2 atom stereocenters. The van der Waals surface area contributed by atoms with E-state index in [9.17, 15) is 5.11 Å². The van der Waals surface area contributed by atoms with Gasteiger partial charge in [0.1, 0.15) is 0 Å². The fourth-order valence-corrected chi connectivity index (χ4v) is 2.30. The third-order valence-electron chi connectivity index (χ3n) is 3.31. The van der Waals surface area contributed by atoms with Gasteiger partial charge in [0, 0.05) is 0 Å². The van der Waals surface area contributed by atoms with Crippen molar-refractivity contribution in [1.29, 1.82) is 0 Å². The topological polar surface area (TPSA) is 20.2 Å². The lowest BCUT2D eigenvalue weighted by Crippen LogP contribution is -2.03. The fourth-order valence-electron chi connectivity index (χ4n) is 2.30. The predicted octanol–water partition coefficient (Wildman–Crippen LogP) is 3.82. The largest absolute Gasteiger partial charge is 0.389 e. The van der Waals surface area contributed by atoms with Gasteiger partial charge in [-0.2, -0.15) is 0 Å². The van der Waals surface area contributed by atoms with Crippen LogP contribution in [0.1, 0.15) is 37.7 Å². The zero-order valence-electron chi connectivity index (χ0n) is 10.3. The van der Waals surface area contributed by atoms with Gasteiger partial charge in [0.05, 0.1) is 6.10 Å². The van der Waals surface area contributed by atoms with Crippen LogP contribution in [0.2, 0.25) is 0 Å². The highest BCUT2D eigenvalue weighted by atomic mass is 16.3. The van der Waals surface area contributed by atoms with Crippen LogP contribution in [0.25, 0.3) is 0 Å². The molecule has 0 saturated carbocycles. The van der Waals surface area contributed by atoms with Gasteiger partial charge < -0.3 is 5.11 Å². The smallest absolute Gasteiger partial charge is 0.0695 e. The van der Waals surface area contributed by atoms with Crippen molar-refractivity contribution in [3.8, 4) is 0 Å². The average Bonchev–Trinajstić information content (AvgIpc) is 2.38. The van der Waals surface area contributed by atoms with Crippen LogP contribution in [0.15, 0.2) is 54.1 Å². The van der Waals surface area contributed by atoms with E-state index in [4.69, 9.17) is 0 Å². The Bertz CT molecular complexity index is 401. The second-order valence-corrected chi connectivity index (χ2v) is 4.76. The molecule has 1 aliphatic rings. The number of rotatable bonds is 3. The summed E-state index contributed by atoms with van der Waals surface area (Å²) < 4.78 is 0. The molecule has 2 rings (SSSR count). The van der Waals surface area contributed by atoms with Crippen molar-refractivity contribution in [3.05, 3.63) is 59.7 Å². The molecule has 0 aliphatic heterocycles. The molecule has 0 amide bonds. The minimum atomic E-state index is -0.345. The maximum absolute atomic E-state index is 9.20. The molecule has 0 bridgehead atoms. The minimum absolute atomic E-state index is 0.345. The van der Waals surface area contributed by atoms with Gasteiger partial charge in [-0.3, -0.25) is 0 Å². The quantitative estimate of drug-likeness (QED) is 0.834. The van der Waals surface area contributed by atoms with E-state index in [1.807, 2.05) is 6.08 Å². The van der Waals surface area contributed by atoms with Crippen LogP contribution >= 0.6 is 0 Å². The summed E-state index contributed by atoms with van der Waals surface area (Å²) in [6, 6.07) is 10.7. The Morgan fingerprint density at radius 3 is 2.65 bits per heavy atom. The van der Waals surface area contributed by atoms with Crippen molar-refractivity contribution in [1.82, 2.24) is 0 Å². The Hall–Kier alpha value is -1.34. The van der Waals surface area contributed by atoms with E-state index >= 15 is 0 Å². The Morgan fingerprint density at radius 2 is 2.06 bits per heavy atom. The summed E-state index contributed by atoms with van der Waals surface area (Å²) in [4.78, 5) is 0. The average molecular weight is 228 g/mol. The van der Waals surface area contributed by atoms with Crippen LogP contribution in [0.4, 0.5) is 0 Å². The SMILES string of the molecule is CC(O)/C=C/C1=CCC(c2ccccc2)CC1. The van der Waals surface area contributed by atoms with Crippen molar-refractivity contribution < 1.29 is 5.11 Å². The first-order valence-corrected chi connectivity index (χ1v) is 6.36. The highest BCUT2D eigenvalue weighted by Crippen LogP contribution is 2.32. The number of hydrogen-bond donors (Lipinski definition) is 1. The van der Waals surface area contributed by atoms with Crippen LogP contribution in [0.5, 0.6) is 0 Å². The standard InChI is InChI=1S/C16H20O/c1-13(17)7-8-14-9-11-16(12-10-14)15-5-3-2-4-6-15/h2-9,13,16-17H,10-12H2,1H3/b8-7+. The lowest BCUT2D eigenvalue weighted by molar-refractivity contribution is 0.244. The Morgan fingerprint density at radius 1 is 1.29 bits per heavy atom. The second kappa shape index (κ2) is 5.83. The van der Waals surface area contributed by atoms with Gasteiger partial charge >= 0.3 is 0 Å². The Balaban J connectivity index is 1.97. The van der Waals surface area contributed by atoms with E-state index in [2.05, 4.69) is 42.5 Å². The van der Waals surface area contributed by atoms with E-state index in [0.29, 0.717) is 5.92 Å². The summed E-state index contributed by atoms with van der Waals surface area (Å²) in [6.45, 7) is 1.78. The Kier molecular flexibility index (Phi) is 4.16. The molecule has 0 saturated heterocycles. The third kappa shape index (κ3) is 3.57. The van der Waals surface area contributed by atoms with Crippen molar-refractivity contribution in [2.75, 3.05) is 0 Å². The fraction of sp³-hybridized carbons (Fsp3) is 0.375. The van der Waals surface area contributed by atoms with Crippen LogP contribution in [-0.4, -0.2) is 11.2 Å². The number of aliphatic hydroxyl groups excluding tert-OH is 1. The van der Waals surface area contributed by atoms with Gasteiger partial charge in [-0.1, -0.05) is 54.1 Å². The first-order valence-electron chi connectivity index (χ1n) is 6.36. The molecule has 17 heavy (non-hydrogen) atoms. The summed E-state index contributed by atoms with van der Waals surface area (Å²) in [7, 11) is 0. The van der Waals surface area contributed by atoms with Crippen molar-refractivity contribution in [3.63, 3.8) is 0 Å². The van der Waals surface area contributed by atoms with Crippen LogP contribution in [0, 0.1) is 0 Å². The molecular weight excluding hydrogens is 208 g/mol. The molecular formula is C16H20O. The zero-order chi connectivity index (χ0) is 12.1. The first kappa shape index (κ1) is 12.1. The van der Waals surface area contributed by atoms with Gasteiger partial charge in [-0.25, -0.2) is 0 Å². The van der Waals surface area contributed by atoms with E-state index in [0.717, 1.165) is 12.8 Å². The Labute approximate surface area is 103 Å². The molecule has 0 spiro atoms. The van der Waals surface area contributed by atoms with Crippen LogP contribution in [0.3, 0.4) is 0 Å². The number of allylic oxidation sites excluding steroid dienone is 3. The number of benzene rings is 1. The van der Waals surface area contributed by atoms with Gasteiger partial charge in [0.25, 0.3) is 0 Å².